The molecule has 0 saturated carbocycles. The van der Waals surface area contributed by atoms with Crippen LogP contribution in [-0.4, -0.2) is 17.9 Å². The Balaban J connectivity index is 2.52. The van der Waals surface area contributed by atoms with Crippen molar-refractivity contribution in [3.05, 3.63) is 48.3 Å². The normalized spacial score (nSPS) is 10.0. The predicted octanol–water partition coefficient (Wildman–Crippen LogP) is 2.96. The van der Waals surface area contributed by atoms with E-state index in [9.17, 15) is 4.79 Å². The molecule has 86 valence electrons. The van der Waals surface area contributed by atoms with Crippen molar-refractivity contribution in [3.8, 4) is 16.9 Å². The maximum atomic E-state index is 11.3. The van der Waals surface area contributed by atoms with Gasteiger partial charge in [-0.05, 0) is 25.1 Å². The van der Waals surface area contributed by atoms with E-state index in [4.69, 9.17) is 4.74 Å². The molecule has 0 unspecified atom stereocenters. The summed E-state index contributed by atoms with van der Waals surface area (Å²) in [6.07, 6.45) is 3.49. The van der Waals surface area contributed by atoms with E-state index in [-0.39, 0.29) is 5.78 Å². The topological polar surface area (TPSA) is 39.2 Å². The first-order chi connectivity index (χ1) is 8.22. The molecule has 0 bridgehead atoms. The summed E-state index contributed by atoms with van der Waals surface area (Å²) in [6.45, 7) is 1.54. The predicted molar refractivity (Wildman–Crippen MR) is 66.2 cm³/mol. The van der Waals surface area contributed by atoms with E-state index in [1.165, 1.54) is 0 Å². The Morgan fingerprint density at radius 3 is 2.71 bits per heavy atom. The van der Waals surface area contributed by atoms with Gasteiger partial charge in [0.15, 0.2) is 5.78 Å². The molecule has 1 aromatic carbocycles. The van der Waals surface area contributed by atoms with Gasteiger partial charge in [0, 0.05) is 29.1 Å². The molecule has 17 heavy (non-hydrogen) atoms. The molecule has 0 aliphatic heterocycles. The van der Waals surface area contributed by atoms with E-state index in [1.54, 1.807) is 38.6 Å². The Labute approximate surface area is 100 Å². The summed E-state index contributed by atoms with van der Waals surface area (Å²) in [6, 6.07) is 9.26. The van der Waals surface area contributed by atoms with Crippen LogP contribution >= 0.6 is 0 Å². The molecule has 0 saturated heterocycles. The van der Waals surface area contributed by atoms with Gasteiger partial charge in [-0.3, -0.25) is 9.78 Å². The average Bonchev–Trinajstić information content (AvgIpc) is 2.39. The first kappa shape index (κ1) is 11.3. The highest BCUT2D eigenvalue weighted by molar-refractivity contribution is 5.95. The number of nitrogens with zero attached hydrogens (tertiary/aromatic N) is 1. The zero-order valence-corrected chi connectivity index (χ0v) is 9.81. The molecule has 0 atom stereocenters. The van der Waals surface area contributed by atoms with Gasteiger partial charge in [-0.15, -0.1) is 0 Å². The summed E-state index contributed by atoms with van der Waals surface area (Å²) in [7, 11) is 1.60. The molecule has 0 aliphatic carbocycles. The van der Waals surface area contributed by atoms with Gasteiger partial charge < -0.3 is 4.74 Å². The van der Waals surface area contributed by atoms with Crippen molar-refractivity contribution in [2.45, 2.75) is 6.92 Å². The zero-order valence-electron chi connectivity index (χ0n) is 9.81. The van der Waals surface area contributed by atoms with Crippen molar-refractivity contribution in [1.29, 1.82) is 0 Å². The molecule has 2 rings (SSSR count). The fourth-order valence-corrected chi connectivity index (χ4v) is 1.67. The van der Waals surface area contributed by atoms with E-state index in [1.807, 2.05) is 18.2 Å². The Kier molecular flexibility index (Phi) is 3.19. The fourth-order valence-electron chi connectivity index (χ4n) is 1.67. The van der Waals surface area contributed by atoms with E-state index in [0.29, 0.717) is 11.3 Å². The smallest absolute Gasteiger partial charge is 0.159 e. The van der Waals surface area contributed by atoms with Crippen LogP contribution in [0.25, 0.3) is 11.1 Å². The molecular formula is C14H13NO2. The van der Waals surface area contributed by atoms with Gasteiger partial charge in [0.25, 0.3) is 0 Å². The minimum absolute atomic E-state index is 0.0287. The van der Waals surface area contributed by atoms with E-state index >= 15 is 0 Å². The number of hydrogen-bond acceptors (Lipinski definition) is 3. The lowest BCUT2D eigenvalue weighted by Gasteiger charge is -2.09. The number of carbonyl (C=O) groups excluding carboxylic acids is 1. The molecule has 1 heterocycles. The van der Waals surface area contributed by atoms with Gasteiger partial charge in [-0.1, -0.05) is 12.1 Å². The van der Waals surface area contributed by atoms with Crippen molar-refractivity contribution in [3.63, 3.8) is 0 Å². The number of hydrogen-bond donors (Lipinski definition) is 0. The summed E-state index contributed by atoms with van der Waals surface area (Å²) in [5, 5.41) is 0. The van der Waals surface area contributed by atoms with Crippen LogP contribution in [0.5, 0.6) is 5.75 Å². The molecule has 0 amide bonds. The van der Waals surface area contributed by atoms with Gasteiger partial charge in [0.05, 0.1) is 7.11 Å². The van der Waals surface area contributed by atoms with E-state index < -0.39 is 0 Å². The van der Waals surface area contributed by atoms with Crippen LogP contribution in [0.2, 0.25) is 0 Å². The fraction of sp³-hybridized carbons (Fsp3) is 0.143. The van der Waals surface area contributed by atoms with Crippen LogP contribution < -0.4 is 4.74 Å². The summed E-state index contributed by atoms with van der Waals surface area (Å²) < 4.78 is 5.31. The van der Waals surface area contributed by atoms with Crippen molar-refractivity contribution < 1.29 is 9.53 Å². The Bertz CT molecular complexity index is 535. The van der Waals surface area contributed by atoms with Crippen LogP contribution in [0.15, 0.2) is 42.7 Å². The zero-order chi connectivity index (χ0) is 12.3. The third-order valence-corrected chi connectivity index (χ3v) is 2.58. The number of methoxy groups -OCH3 is 1. The molecule has 0 fully saturated rings. The number of Topliss-reactive ketones (excluding diaryl/α,β-unsaturated/α-hetero) is 1. The second kappa shape index (κ2) is 4.78. The monoisotopic (exact) mass is 227 g/mol. The quantitative estimate of drug-likeness (QED) is 0.757. The van der Waals surface area contributed by atoms with Gasteiger partial charge in [0.1, 0.15) is 5.75 Å². The lowest BCUT2D eigenvalue weighted by molar-refractivity contribution is 0.101. The molecule has 0 aliphatic rings. The van der Waals surface area contributed by atoms with Crippen LogP contribution in [0.4, 0.5) is 0 Å². The van der Waals surface area contributed by atoms with E-state index in [0.717, 1.165) is 11.1 Å². The lowest BCUT2D eigenvalue weighted by Crippen LogP contribution is -1.95. The number of aromatic nitrogens is 1. The number of benzene rings is 1. The third kappa shape index (κ3) is 2.33. The average molecular weight is 227 g/mol. The Morgan fingerprint density at radius 1 is 1.29 bits per heavy atom. The van der Waals surface area contributed by atoms with Crippen LogP contribution in [0.1, 0.15) is 17.3 Å². The highest BCUT2D eigenvalue weighted by Crippen LogP contribution is 2.30. The summed E-state index contributed by atoms with van der Waals surface area (Å²) in [5.74, 6) is 0.715. The number of pyridine rings is 1. The van der Waals surface area contributed by atoms with Crippen molar-refractivity contribution in [1.82, 2.24) is 4.98 Å². The first-order valence-electron chi connectivity index (χ1n) is 5.31. The van der Waals surface area contributed by atoms with Crippen molar-refractivity contribution >= 4 is 5.78 Å². The van der Waals surface area contributed by atoms with Crippen molar-refractivity contribution in [2.75, 3.05) is 7.11 Å². The maximum Gasteiger partial charge on any atom is 0.159 e. The maximum absolute atomic E-state index is 11.3. The number of ketones is 1. The van der Waals surface area contributed by atoms with E-state index in [2.05, 4.69) is 4.98 Å². The Morgan fingerprint density at radius 2 is 2.12 bits per heavy atom. The van der Waals surface area contributed by atoms with Gasteiger partial charge in [-0.2, -0.15) is 0 Å². The van der Waals surface area contributed by atoms with Crippen LogP contribution in [0, 0.1) is 0 Å². The molecule has 2 aromatic rings. The molecule has 0 radical (unpaired) electrons. The minimum atomic E-state index is 0.0287. The highest BCUT2D eigenvalue weighted by Gasteiger charge is 2.08. The molecule has 1 aromatic heterocycles. The van der Waals surface area contributed by atoms with Crippen molar-refractivity contribution in [2.24, 2.45) is 0 Å². The highest BCUT2D eigenvalue weighted by atomic mass is 16.5. The minimum Gasteiger partial charge on any atom is -0.496 e. The lowest BCUT2D eigenvalue weighted by atomic mass is 10.0. The largest absolute Gasteiger partial charge is 0.496 e. The standard InChI is InChI=1S/C14H13NO2/c1-10(16)11-5-6-13(14(8-11)17-2)12-4-3-7-15-9-12/h3-9H,1-2H3. The van der Waals surface area contributed by atoms with Crippen LogP contribution in [-0.2, 0) is 0 Å². The van der Waals surface area contributed by atoms with Gasteiger partial charge in [0.2, 0.25) is 0 Å². The first-order valence-corrected chi connectivity index (χ1v) is 5.31. The number of ether oxygens (including phenoxy) is 1. The molecule has 3 nitrogen and oxygen atoms in total. The molecule has 3 heteroatoms. The van der Waals surface area contributed by atoms with Crippen LogP contribution in [0.3, 0.4) is 0 Å². The molecular weight excluding hydrogens is 214 g/mol. The molecule has 0 spiro atoms. The number of carbonyl (C=O) groups is 1. The molecule has 0 N–H and O–H groups in total. The third-order valence-electron chi connectivity index (χ3n) is 2.58. The SMILES string of the molecule is COc1cc(C(C)=O)ccc1-c1cccnc1. The Hall–Kier alpha value is -2.16. The van der Waals surface area contributed by atoms with Gasteiger partial charge in [-0.25, -0.2) is 0 Å². The second-order valence-corrected chi connectivity index (χ2v) is 3.71. The number of rotatable bonds is 3. The second-order valence-electron chi connectivity index (χ2n) is 3.71. The summed E-state index contributed by atoms with van der Waals surface area (Å²) >= 11 is 0. The van der Waals surface area contributed by atoms with Gasteiger partial charge >= 0.3 is 0 Å². The summed E-state index contributed by atoms with van der Waals surface area (Å²) in [4.78, 5) is 15.4. The summed E-state index contributed by atoms with van der Waals surface area (Å²) in [5.41, 5.74) is 2.56.